The summed E-state index contributed by atoms with van der Waals surface area (Å²) in [6.45, 7) is 1.47. The Kier molecular flexibility index (Phi) is 3.40. The molecule has 88 valence electrons. The van der Waals surface area contributed by atoms with Gasteiger partial charge in [-0.3, -0.25) is 10.1 Å². The summed E-state index contributed by atoms with van der Waals surface area (Å²) in [5, 5.41) is 15.1. The van der Waals surface area contributed by atoms with Crippen molar-refractivity contribution < 1.29 is 4.79 Å². The molecule has 1 aliphatic rings. The lowest BCUT2D eigenvalue weighted by molar-refractivity contribution is -0.114. The highest BCUT2D eigenvalue weighted by Gasteiger charge is 2.25. The number of amides is 1. The van der Waals surface area contributed by atoms with E-state index in [9.17, 15) is 4.79 Å². The minimum atomic E-state index is -0.256. The van der Waals surface area contributed by atoms with Gasteiger partial charge in [0, 0.05) is 18.7 Å². The molecule has 4 nitrogen and oxygen atoms in total. The summed E-state index contributed by atoms with van der Waals surface area (Å²) in [6, 6.07) is 9.86. The van der Waals surface area contributed by atoms with Crippen molar-refractivity contribution in [1.82, 2.24) is 5.32 Å². The zero-order chi connectivity index (χ0) is 12.3. The maximum Gasteiger partial charge on any atom is 0.221 e. The zero-order valence-electron chi connectivity index (χ0n) is 9.73. The lowest BCUT2D eigenvalue weighted by atomic mass is 10.1. The van der Waals surface area contributed by atoms with E-state index in [0.29, 0.717) is 6.04 Å². The molecule has 0 aliphatic heterocycles. The van der Waals surface area contributed by atoms with Gasteiger partial charge in [0.15, 0.2) is 0 Å². The molecule has 1 aliphatic carbocycles. The van der Waals surface area contributed by atoms with Crippen LogP contribution in [0.4, 0.5) is 5.69 Å². The minimum absolute atomic E-state index is 0.0920. The van der Waals surface area contributed by atoms with Gasteiger partial charge in [-0.05, 0) is 30.5 Å². The second kappa shape index (κ2) is 4.98. The van der Waals surface area contributed by atoms with Crippen LogP contribution in [0.2, 0.25) is 0 Å². The molecule has 1 atom stereocenters. The average Bonchev–Trinajstić information content (AvgIpc) is 3.10. The topological polar surface area (TPSA) is 64.9 Å². The molecule has 2 rings (SSSR count). The van der Waals surface area contributed by atoms with Crippen LogP contribution >= 0.6 is 0 Å². The second-order valence-corrected chi connectivity index (χ2v) is 4.31. The predicted molar refractivity (Wildman–Crippen MR) is 65.3 cm³/mol. The SMILES string of the molecule is CC(=O)Nc1ccc(C(C#N)NC2CC2)cc1. The van der Waals surface area contributed by atoms with Gasteiger partial charge in [-0.1, -0.05) is 12.1 Å². The quantitative estimate of drug-likeness (QED) is 0.829. The molecule has 1 amide bonds. The highest BCUT2D eigenvalue weighted by molar-refractivity contribution is 5.88. The largest absolute Gasteiger partial charge is 0.326 e. The third kappa shape index (κ3) is 3.30. The highest BCUT2D eigenvalue weighted by Crippen LogP contribution is 2.24. The molecule has 0 heterocycles. The molecule has 0 aromatic heterocycles. The number of rotatable bonds is 4. The Morgan fingerprint density at radius 3 is 2.53 bits per heavy atom. The van der Waals surface area contributed by atoms with E-state index in [1.165, 1.54) is 6.92 Å². The molecule has 0 radical (unpaired) electrons. The summed E-state index contributed by atoms with van der Waals surface area (Å²) in [6.07, 6.45) is 2.31. The first-order valence-electron chi connectivity index (χ1n) is 5.72. The molecule has 1 saturated carbocycles. The highest BCUT2D eigenvalue weighted by atomic mass is 16.1. The molecular weight excluding hydrogens is 214 g/mol. The van der Waals surface area contributed by atoms with Crippen LogP contribution in [-0.4, -0.2) is 11.9 Å². The van der Waals surface area contributed by atoms with E-state index in [1.807, 2.05) is 24.3 Å². The van der Waals surface area contributed by atoms with Crippen molar-refractivity contribution in [3.63, 3.8) is 0 Å². The Bertz CT molecular complexity index is 443. The second-order valence-electron chi connectivity index (χ2n) is 4.31. The summed E-state index contributed by atoms with van der Waals surface area (Å²) in [4.78, 5) is 10.9. The first kappa shape index (κ1) is 11.6. The van der Waals surface area contributed by atoms with Crippen molar-refractivity contribution in [2.75, 3.05) is 5.32 Å². The molecule has 0 spiro atoms. The maximum absolute atomic E-state index is 10.9. The van der Waals surface area contributed by atoms with Crippen LogP contribution in [0.3, 0.4) is 0 Å². The summed E-state index contributed by atoms with van der Waals surface area (Å²) < 4.78 is 0. The fraction of sp³-hybridized carbons (Fsp3) is 0.385. The smallest absolute Gasteiger partial charge is 0.221 e. The Hall–Kier alpha value is -1.86. The number of nitrogens with zero attached hydrogens (tertiary/aromatic N) is 1. The van der Waals surface area contributed by atoms with E-state index in [2.05, 4.69) is 16.7 Å². The number of carbonyl (C=O) groups is 1. The number of benzene rings is 1. The van der Waals surface area contributed by atoms with Crippen LogP contribution in [0.25, 0.3) is 0 Å². The van der Waals surface area contributed by atoms with Crippen LogP contribution in [0.15, 0.2) is 24.3 Å². The van der Waals surface area contributed by atoms with Crippen molar-refractivity contribution in [3.8, 4) is 6.07 Å². The molecule has 0 saturated heterocycles. The van der Waals surface area contributed by atoms with Crippen molar-refractivity contribution in [1.29, 1.82) is 5.26 Å². The molecule has 2 N–H and O–H groups in total. The van der Waals surface area contributed by atoms with Crippen LogP contribution in [0.1, 0.15) is 31.4 Å². The van der Waals surface area contributed by atoms with Crippen molar-refractivity contribution >= 4 is 11.6 Å². The van der Waals surface area contributed by atoms with Crippen LogP contribution in [0.5, 0.6) is 0 Å². The summed E-state index contributed by atoms with van der Waals surface area (Å²) in [5.41, 5.74) is 1.69. The van der Waals surface area contributed by atoms with Crippen LogP contribution < -0.4 is 10.6 Å². The van der Waals surface area contributed by atoms with E-state index < -0.39 is 0 Å². The van der Waals surface area contributed by atoms with Crippen LogP contribution in [0, 0.1) is 11.3 Å². The van der Waals surface area contributed by atoms with Gasteiger partial charge in [0.05, 0.1) is 6.07 Å². The van der Waals surface area contributed by atoms with Gasteiger partial charge in [0.1, 0.15) is 6.04 Å². The van der Waals surface area contributed by atoms with Crippen molar-refractivity contribution in [3.05, 3.63) is 29.8 Å². The Morgan fingerprint density at radius 2 is 2.06 bits per heavy atom. The average molecular weight is 229 g/mol. The molecule has 4 heteroatoms. The fourth-order valence-electron chi connectivity index (χ4n) is 1.66. The van der Waals surface area contributed by atoms with E-state index in [4.69, 9.17) is 5.26 Å². The van der Waals surface area contributed by atoms with Crippen molar-refractivity contribution in [2.45, 2.75) is 31.8 Å². The number of nitriles is 1. The third-order valence-electron chi connectivity index (χ3n) is 2.67. The monoisotopic (exact) mass is 229 g/mol. The zero-order valence-corrected chi connectivity index (χ0v) is 9.73. The predicted octanol–water partition coefficient (Wildman–Crippen LogP) is 1.96. The van der Waals surface area contributed by atoms with Gasteiger partial charge in [-0.2, -0.15) is 5.26 Å². The molecule has 17 heavy (non-hydrogen) atoms. The van der Waals surface area contributed by atoms with Gasteiger partial charge < -0.3 is 5.32 Å². The normalized spacial score (nSPS) is 16.0. The lowest BCUT2D eigenvalue weighted by Gasteiger charge is -2.11. The molecule has 1 aromatic carbocycles. The fourth-order valence-corrected chi connectivity index (χ4v) is 1.66. The Balaban J connectivity index is 2.04. The number of carbonyl (C=O) groups excluding carboxylic acids is 1. The van der Waals surface area contributed by atoms with Gasteiger partial charge >= 0.3 is 0 Å². The minimum Gasteiger partial charge on any atom is -0.326 e. The third-order valence-corrected chi connectivity index (χ3v) is 2.67. The van der Waals surface area contributed by atoms with Gasteiger partial charge in [0.2, 0.25) is 5.91 Å². The lowest BCUT2D eigenvalue weighted by Crippen LogP contribution is -2.21. The molecule has 1 unspecified atom stereocenters. The first-order chi connectivity index (χ1) is 8.19. The number of hydrogen-bond donors (Lipinski definition) is 2. The maximum atomic E-state index is 10.9. The van der Waals surface area contributed by atoms with Gasteiger partial charge in [-0.25, -0.2) is 0 Å². The number of anilines is 1. The molecule has 1 fully saturated rings. The number of nitrogens with one attached hydrogen (secondary N) is 2. The number of hydrogen-bond acceptors (Lipinski definition) is 3. The first-order valence-corrected chi connectivity index (χ1v) is 5.72. The van der Waals surface area contributed by atoms with Gasteiger partial charge in [-0.15, -0.1) is 0 Å². The standard InChI is InChI=1S/C13H15N3O/c1-9(17)15-11-4-2-10(3-5-11)13(8-14)16-12-6-7-12/h2-5,12-13,16H,6-7H2,1H3,(H,15,17). The molecule has 0 bridgehead atoms. The summed E-state index contributed by atoms with van der Waals surface area (Å²) in [7, 11) is 0. The van der Waals surface area contributed by atoms with Gasteiger partial charge in [0.25, 0.3) is 0 Å². The summed E-state index contributed by atoms with van der Waals surface area (Å²) in [5.74, 6) is -0.0920. The van der Waals surface area contributed by atoms with E-state index in [-0.39, 0.29) is 11.9 Å². The van der Waals surface area contributed by atoms with E-state index >= 15 is 0 Å². The van der Waals surface area contributed by atoms with E-state index in [0.717, 1.165) is 24.1 Å². The van der Waals surface area contributed by atoms with Crippen LogP contribution in [-0.2, 0) is 4.79 Å². The van der Waals surface area contributed by atoms with E-state index in [1.54, 1.807) is 0 Å². The summed E-state index contributed by atoms with van der Waals surface area (Å²) >= 11 is 0. The van der Waals surface area contributed by atoms with Crippen molar-refractivity contribution in [2.24, 2.45) is 0 Å². The molecule has 1 aromatic rings. The molecular formula is C13H15N3O. The Labute approximate surface area is 101 Å². The Morgan fingerprint density at radius 1 is 1.41 bits per heavy atom.